The first kappa shape index (κ1) is 14.5. The predicted molar refractivity (Wildman–Crippen MR) is 79.1 cm³/mol. The molecule has 1 saturated heterocycles. The highest BCUT2D eigenvalue weighted by molar-refractivity contribution is 6.30. The highest BCUT2D eigenvalue weighted by Gasteiger charge is 2.28. The normalized spacial score (nSPS) is 23.4. The number of ether oxygens (including phenoxy) is 1. The van der Waals surface area contributed by atoms with E-state index >= 15 is 0 Å². The molecule has 0 saturated carbocycles. The topological polar surface area (TPSA) is 51.4 Å². The van der Waals surface area contributed by atoms with Gasteiger partial charge in [0.25, 0.3) is 0 Å². The second-order valence-electron chi connectivity index (χ2n) is 5.39. The molecule has 0 amide bonds. The van der Waals surface area contributed by atoms with Crippen LogP contribution in [0.25, 0.3) is 0 Å². The number of morpholine rings is 1. The average molecular weight is 308 g/mol. The van der Waals surface area contributed by atoms with E-state index in [1.165, 1.54) is 0 Å². The molecule has 1 aliphatic heterocycles. The molecule has 0 spiro atoms. The fraction of sp³-hybridized carbons (Fsp3) is 0.467. The Morgan fingerprint density at radius 3 is 3.00 bits per heavy atom. The number of aromatic nitrogens is 2. The molecule has 0 bridgehead atoms. The lowest BCUT2D eigenvalue weighted by Gasteiger charge is -2.37. The zero-order valence-corrected chi connectivity index (χ0v) is 12.9. The van der Waals surface area contributed by atoms with Gasteiger partial charge in [0.1, 0.15) is 0 Å². The standard InChI is InChI=1S/C15H18ClN3O2/c1-10-9-20-14(12-4-3-5-13(16)6-12)7-19(10)8-15-17-11(2)21-18-15/h3-6,10,14H,7-9H2,1-2H3. The van der Waals surface area contributed by atoms with Crippen LogP contribution in [-0.4, -0.2) is 34.2 Å². The van der Waals surface area contributed by atoms with Crippen LogP contribution in [0, 0.1) is 6.92 Å². The van der Waals surface area contributed by atoms with Crippen LogP contribution in [0.15, 0.2) is 28.8 Å². The van der Waals surface area contributed by atoms with Crippen molar-refractivity contribution in [3.8, 4) is 0 Å². The Kier molecular flexibility index (Phi) is 4.24. The third-order valence-electron chi connectivity index (χ3n) is 3.70. The smallest absolute Gasteiger partial charge is 0.223 e. The first-order valence-electron chi connectivity index (χ1n) is 7.02. The number of rotatable bonds is 3. The van der Waals surface area contributed by atoms with Gasteiger partial charge < -0.3 is 9.26 Å². The van der Waals surface area contributed by atoms with E-state index in [1.54, 1.807) is 6.92 Å². The molecule has 21 heavy (non-hydrogen) atoms. The van der Waals surface area contributed by atoms with Crippen LogP contribution in [0.3, 0.4) is 0 Å². The van der Waals surface area contributed by atoms with Crippen LogP contribution in [0.5, 0.6) is 0 Å². The number of benzene rings is 1. The summed E-state index contributed by atoms with van der Waals surface area (Å²) in [4.78, 5) is 6.57. The molecule has 0 aliphatic carbocycles. The van der Waals surface area contributed by atoms with Crippen LogP contribution in [0.4, 0.5) is 0 Å². The van der Waals surface area contributed by atoms with Crippen molar-refractivity contribution in [3.05, 3.63) is 46.6 Å². The molecular weight excluding hydrogens is 290 g/mol. The van der Waals surface area contributed by atoms with E-state index in [4.69, 9.17) is 20.9 Å². The summed E-state index contributed by atoms with van der Waals surface area (Å²) >= 11 is 6.06. The minimum atomic E-state index is 0.0212. The minimum Gasteiger partial charge on any atom is -0.371 e. The van der Waals surface area contributed by atoms with Gasteiger partial charge in [-0.15, -0.1) is 0 Å². The SMILES string of the molecule is Cc1nc(CN2CC(c3cccc(Cl)c3)OCC2C)no1. The monoisotopic (exact) mass is 307 g/mol. The summed E-state index contributed by atoms with van der Waals surface area (Å²) in [6.07, 6.45) is 0.0212. The van der Waals surface area contributed by atoms with Gasteiger partial charge in [-0.3, -0.25) is 4.90 Å². The quantitative estimate of drug-likeness (QED) is 0.872. The van der Waals surface area contributed by atoms with Gasteiger partial charge in [0.2, 0.25) is 5.89 Å². The predicted octanol–water partition coefficient (Wildman–Crippen LogP) is 2.99. The number of nitrogens with zero attached hydrogens (tertiary/aromatic N) is 3. The molecule has 2 aromatic rings. The lowest BCUT2D eigenvalue weighted by atomic mass is 10.1. The van der Waals surface area contributed by atoms with Crippen molar-refractivity contribution in [2.45, 2.75) is 32.5 Å². The lowest BCUT2D eigenvalue weighted by Crippen LogP contribution is -2.44. The molecule has 2 atom stereocenters. The van der Waals surface area contributed by atoms with E-state index < -0.39 is 0 Å². The molecule has 1 fully saturated rings. The van der Waals surface area contributed by atoms with E-state index in [0.717, 1.165) is 17.1 Å². The largest absolute Gasteiger partial charge is 0.371 e. The Labute approximate surface area is 128 Å². The molecule has 112 valence electrons. The summed E-state index contributed by atoms with van der Waals surface area (Å²) in [6.45, 7) is 6.07. The number of aryl methyl sites for hydroxylation is 1. The Morgan fingerprint density at radius 1 is 1.43 bits per heavy atom. The molecule has 1 aromatic carbocycles. The van der Waals surface area contributed by atoms with Crippen molar-refractivity contribution in [2.75, 3.05) is 13.2 Å². The van der Waals surface area contributed by atoms with Crippen molar-refractivity contribution in [2.24, 2.45) is 0 Å². The van der Waals surface area contributed by atoms with Gasteiger partial charge in [-0.25, -0.2) is 0 Å². The van der Waals surface area contributed by atoms with Crippen LogP contribution in [0.1, 0.15) is 30.3 Å². The van der Waals surface area contributed by atoms with Crippen LogP contribution in [-0.2, 0) is 11.3 Å². The van der Waals surface area contributed by atoms with Gasteiger partial charge in [-0.1, -0.05) is 28.9 Å². The van der Waals surface area contributed by atoms with Gasteiger partial charge in [-0.05, 0) is 24.6 Å². The van der Waals surface area contributed by atoms with E-state index in [1.807, 2.05) is 24.3 Å². The molecule has 5 nitrogen and oxygen atoms in total. The first-order chi connectivity index (χ1) is 10.1. The highest BCUT2D eigenvalue weighted by atomic mass is 35.5. The summed E-state index contributed by atoms with van der Waals surface area (Å²) in [5.74, 6) is 1.31. The van der Waals surface area contributed by atoms with Crippen molar-refractivity contribution in [1.82, 2.24) is 15.0 Å². The number of hydrogen-bond donors (Lipinski definition) is 0. The fourth-order valence-corrected chi connectivity index (χ4v) is 2.72. The summed E-state index contributed by atoms with van der Waals surface area (Å²) < 4.78 is 11.0. The Balaban J connectivity index is 1.72. The average Bonchev–Trinajstić information content (AvgIpc) is 2.87. The van der Waals surface area contributed by atoms with Gasteiger partial charge in [-0.2, -0.15) is 4.98 Å². The van der Waals surface area contributed by atoms with E-state index in [9.17, 15) is 0 Å². The molecular formula is C15H18ClN3O2. The second kappa shape index (κ2) is 6.13. The maximum absolute atomic E-state index is 6.06. The zero-order valence-electron chi connectivity index (χ0n) is 12.1. The fourth-order valence-electron chi connectivity index (χ4n) is 2.52. The van der Waals surface area contributed by atoms with Crippen molar-refractivity contribution in [1.29, 1.82) is 0 Å². The molecule has 1 aliphatic rings. The summed E-state index contributed by atoms with van der Waals surface area (Å²) in [7, 11) is 0. The Bertz CT molecular complexity index is 616. The van der Waals surface area contributed by atoms with Crippen molar-refractivity contribution < 1.29 is 9.26 Å². The molecule has 1 aromatic heterocycles. The lowest BCUT2D eigenvalue weighted by molar-refractivity contribution is -0.0642. The van der Waals surface area contributed by atoms with Gasteiger partial charge in [0.05, 0.1) is 19.3 Å². The Morgan fingerprint density at radius 2 is 2.29 bits per heavy atom. The maximum atomic E-state index is 6.06. The molecule has 6 heteroatoms. The van der Waals surface area contributed by atoms with Crippen molar-refractivity contribution in [3.63, 3.8) is 0 Å². The van der Waals surface area contributed by atoms with E-state index in [0.29, 0.717) is 30.9 Å². The molecule has 3 rings (SSSR count). The number of halogens is 1. The number of hydrogen-bond acceptors (Lipinski definition) is 5. The maximum Gasteiger partial charge on any atom is 0.223 e. The molecule has 0 N–H and O–H groups in total. The van der Waals surface area contributed by atoms with Gasteiger partial charge in [0.15, 0.2) is 5.82 Å². The van der Waals surface area contributed by atoms with Crippen LogP contribution in [0.2, 0.25) is 5.02 Å². The molecule has 0 radical (unpaired) electrons. The highest BCUT2D eigenvalue weighted by Crippen LogP contribution is 2.27. The third-order valence-corrected chi connectivity index (χ3v) is 3.93. The van der Waals surface area contributed by atoms with Crippen LogP contribution < -0.4 is 0 Å². The third kappa shape index (κ3) is 3.43. The first-order valence-corrected chi connectivity index (χ1v) is 7.40. The van der Waals surface area contributed by atoms with E-state index in [2.05, 4.69) is 22.0 Å². The molecule has 2 heterocycles. The molecule has 2 unspecified atom stereocenters. The van der Waals surface area contributed by atoms with Gasteiger partial charge in [0, 0.05) is 24.5 Å². The van der Waals surface area contributed by atoms with E-state index in [-0.39, 0.29) is 6.10 Å². The van der Waals surface area contributed by atoms with Crippen molar-refractivity contribution >= 4 is 11.6 Å². The minimum absolute atomic E-state index is 0.0212. The zero-order chi connectivity index (χ0) is 14.8. The second-order valence-corrected chi connectivity index (χ2v) is 5.82. The summed E-state index contributed by atoms with van der Waals surface area (Å²) in [5.41, 5.74) is 1.10. The Hall–Kier alpha value is -1.43. The summed E-state index contributed by atoms with van der Waals surface area (Å²) in [6, 6.07) is 8.14. The summed E-state index contributed by atoms with van der Waals surface area (Å²) in [5, 5.41) is 4.70. The van der Waals surface area contributed by atoms with Crippen LogP contribution >= 0.6 is 11.6 Å². The van der Waals surface area contributed by atoms with Gasteiger partial charge >= 0.3 is 0 Å².